The molecule has 6 nitrogen and oxygen atoms in total. The lowest BCUT2D eigenvalue weighted by molar-refractivity contribution is -0.140. The SMILES string of the molecule is CCc1nc(NC(=O)NC(C(=O)O)C(C)C)sc1C. The van der Waals surface area contributed by atoms with E-state index in [2.05, 4.69) is 15.6 Å². The number of aromatic nitrogens is 1. The second-order valence-electron chi connectivity index (χ2n) is 4.53. The van der Waals surface area contributed by atoms with Crippen LogP contribution in [0.5, 0.6) is 0 Å². The van der Waals surface area contributed by atoms with E-state index >= 15 is 0 Å². The first-order valence-electron chi connectivity index (χ1n) is 6.11. The Morgan fingerprint density at radius 2 is 2.05 bits per heavy atom. The first kappa shape index (κ1) is 15.4. The molecule has 0 aliphatic rings. The number of anilines is 1. The Balaban J connectivity index is 2.66. The average molecular weight is 285 g/mol. The lowest BCUT2D eigenvalue weighted by Crippen LogP contribution is -2.46. The highest BCUT2D eigenvalue weighted by molar-refractivity contribution is 7.15. The van der Waals surface area contributed by atoms with Gasteiger partial charge in [-0.2, -0.15) is 0 Å². The summed E-state index contributed by atoms with van der Waals surface area (Å²) in [6, 6.07) is -1.45. The van der Waals surface area contributed by atoms with Crippen LogP contribution in [-0.4, -0.2) is 28.1 Å². The Morgan fingerprint density at radius 1 is 1.42 bits per heavy atom. The molecule has 0 bridgehead atoms. The monoisotopic (exact) mass is 285 g/mol. The molecule has 1 rings (SSSR count). The normalized spacial score (nSPS) is 12.3. The van der Waals surface area contributed by atoms with Crippen LogP contribution in [0.15, 0.2) is 0 Å². The summed E-state index contributed by atoms with van der Waals surface area (Å²) in [6.45, 7) is 7.41. The highest BCUT2D eigenvalue weighted by Gasteiger charge is 2.23. The second-order valence-corrected chi connectivity index (χ2v) is 5.74. The van der Waals surface area contributed by atoms with Crippen molar-refractivity contribution < 1.29 is 14.7 Å². The lowest BCUT2D eigenvalue weighted by Gasteiger charge is -2.17. The van der Waals surface area contributed by atoms with Crippen LogP contribution in [0, 0.1) is 12.8 Å². The number of carboxylic acid groups (broad SMARTS) is 1. The van der Waals surface area contributed by atoms with Crippen molar-refractivity contribution in [3.63, 3.8) is 0 Å². The fourth-order valence-electron chi connectivity index (χ4n) is 1.60. The molecular formula is C12H19N3O3S. The summed E-state index contributed by atoms with van der Waals surface area (Å²) >= 11 is 1.38. The smallest absolute Gasteiger partial charge is 0.326 e. The molecule has 1 unspecified atom stereocenters. The van der Waals surface area contributed by atoms with E-state index < -0.39 is 18.0 Å². The molecule has 1 atom stereocenters. The number of amides is 2. The van der Waals surface area contributed by atoms with E-state index in [4.69, 9.17) is 5.11 Å². The van der Waals surface area contributed by atoms with Crippen LogP contribution >= 0.6 is 11.3 Å². The molecule has 0 aliphatic heterocycles. The van der Waals surface area contributed by atoms with Gasteiger partial charge in [-0.3, -0.25) is 5.32 Å². The minimum Gasteiger partial charge on any atom is -0.480 e. The van der Waals surface area contributed by atoms with Crippen molar-refractivity contribution in [1.82, 2.24) is 10.3 Å². The van der Waals surface area contributed by atoms with Crippen molar-refractivity contribution in [2.24, 2.45) is 5.92 Å². The first-order valence-corrected chi connectivity index (χ1v) is 6.93. The third-order valence-corrected chi connectivity index (χ3v) is 3.60. The number of nitrogens with zero attached hydrogens (tertiary/aromatic N) is 1. The number of hydrogen-bond donors (Lipinski definition) is 3. The maximum atomic E-state index is 11.7. The molecule has 0 aromatic carbocycles. The summed E-state index contributed by atoms with van der Waals surface area (Å²) in [5, 5.41) is 14.5. The van der Waals surface area contributed by atoms with E-state index in [1.807, 2.05) is 13.8 Å². The van der Waals surface area contributed by atoms with Crippen LogP contribution in [0.4, 0.5) is 9.93 Å². The van der Waals surface area contributed by atoms with E-state index in [0.29, 0.717) is 5.13 Å². The van der Waals surface area contributed by atoms with Gasteiger partial charge in [0.05, 0.1) is 5.69 Å². The van der Waals surface area contributed by atoms with Crippen LogP contribution in [0.2, 0.25) is 0 Å². The van der Waals surface area contributed by atoms with Crippen molar-refractivity contribution in [1.29, 1.82) is 0 Å². The average Bonchev–Trinajstić information content (AvgIpc) is 2.65. The zero-order chi connectivity index (χ0) is 14.6. The molecule has 0 radical (unpaired) electrons. The topological polar surface area (TPSA) is 91.3 Å². The van der Waals surface area contributed by atoms with E-state index in [1.54, 1.807) is 13.8 Å². The van der Waals surface area contributed by atoms with Crippen LogP contribution in [0.25, 0.3) is 0 Å². The second kappa shape index (κ2) is 6.51. The predicted octanol–water partition coefficient (Wildman–Crippen LogP) is 2.24. The number of aliphatic carboxylic acids is 1. The van der Waals surface area contributed by atoms with Gasteiger partial charge < -0.3 is 10.4 Å². The molecule has 0 aliphatic carbocycles. The van der Waals surface area contributed by atoms with Crippen molar-refractivity contribution in [2.45, 2.75) is 40.2 Å². The Kier molecular flexibility index (Phi) is 5.29. The number of carbonyl (C=O) groups excluding carboxylic acids is 1. The quantitative estimate of drug-likeness (QED) is 0.773. The molecule has 0 fully saturated rings. The summed E-state index contributed by atoms with van der Waals surface area (Å²) in [5.74, 6) is -1.23. The molecule has 106 valence electrons. The zero-order valence-electron chi connectivity index (χ0n) is 11.5. The van der Waals surface area contributed by atoms with Crippen molar-refractivity contribution in [3.8, 4) is 0 Å². The summed E-state index contributed by atoms with van der Waals surface area (Å²) < 4.78 is 0. The number of carbonyl (C=O) groups is 2. The number of thiazole rings is 1. The lowest BCUT2D eigenvalue weighted by atomic mass is 10.1. The summed E-state index contributed by atoms with van der Waals surface area (Å²) in [4.78, 5) is 28.0. The molecule has 2 amide bonds. The van der Waals surface area contributed by atoms with Gasteiger partial charge in [0.2, 0.25) is 0 Å². The van der Waals surface area contributed by atoms with Crippen molar-refractivity contribution in [3.05, 3.63) is 10.6 Å². The third-order valence-electron chi connectivity index (χ3n) is 2.67. The number of rotatable bonds is 5. The Hall–Kier alpha value is -1.63. The third kappa shape index (κ3) is 4.20. The maximum Gasteiger partial charge on any atom is 0.326 e. The van der Waals surface area contributed by atoms with Gasteiger partial charge in [-0.15, -0.1) is 11.3 Å². The number of hydrogen-bond acceptors (Lipinski definition) is 4. The van der Waals surface area contributed by atoms with Gasteiger partial charge in [-0.25, -0.2) is 14.6 Å². The van der Waals surface area contributed by atoms with E-state index in [0.717, 1.165) is 17.0 Å². The van der Waals surface area contributed by atoms with Gasteiger partial charge >= 0.3 is 12.0 Å². The number of nitrogens with one attached hydrogen (secondary N) is 2. The maximum absolute atomic E-state index is 11.7. The molecule has 19 heavy (non-hydrogen) atoms. The molecule has 0 spiro atoms. The minimum atomic E-state index is -1.05. The molecule has 1 aromatic heterocycles. The molecule has 0 saturated heterocycles. The van der Waals surface area contributed by atoms with Crippen LogP contribution in [-0.2, 0) is 11.2 Å². The molecule has 3 N–H and O–H groups in total. The largest absolute Gasteiger partial charge is 0.480 e. The fourth-order valence-corrected chi connectivity index (χ4v) is 2.49. The predicted molar refractivity (Wildman–Crippen MR) is 74.6 cm³/mol. The number of carboxylic acids is 1. The van der Waals surface area contributed by atoms with Gasteiger partial charge in [0.25, 0.3) is 0 Å². The summed E-state index contributed by atoms with van der Waals surface area (Å²) in [7, 11) is 0. The highest BCUT2D eigenvalue weighted by Crippen LogP contribution is 2.22. The Morgan fingerprint density at radius 3 is 2.47 bits per heavy atom. The summed E-state index contributed by atoms with van der Waals surface area (Å²) in [5.41, 5.74) is 0.943. The van der Waals surface area contributed by atoms with Gasteiger partial charge in [0.1, 0.15) is 6.04 Å². The van der Waals surface area contributed by atoms with E-state index in [9.17, 15) is 9.59 Å². The standard InChI is InChI=1S/C12H19N3O3S/c1-5-8-7(4)19-12(13-8)15-11(18)14-9(6(2)3)10(16)17/h6,9H,5H2,1-4H3,(H,16,17)(H2,13,14,15,18). The summed E-state index contributed by atoms with van der Waals surface area (Å²) in [6.07, 6.45) is 0.801. The molecule has 0 saturated carbocycles. The van der Waals surface area contributed by atoms with Gasteiger partial charge in [-0.05, 0) is 19.3 Å². The fraction of sp³-hybridized carbons (Fsp3) is 0.583. The van der Waals surface area contributed by atoms with Gasteiger partial charge in [0.15, 0.2) is 5.13 Å². The van der Waals surface area contributed by atoms with Gasteiger partial charge in [-0.1, -0.05) is 20.8 Å². The number of urea groups is 1. The van der Waals surface area contributed by atoms with Gasteiger partial charge in [0, 0.05) is 4.88 Å². The van der Waals surface area contributed by atoms with E-state index in [-0.39, 0.29) is 5.92 Å². The molecule has 1 aromatic rings. The minimum absolute atomic E-state index is 0.188. The Labute approximate surface area is 116 Å². The first-order chi connectivity index (χ1) is 8.85. The number of aryl methyl sites for hydroxylation is 2. The van der Waals surface area contributed by atoms with Crippen molar-refractivity contribution in [2.75, 3.05) is 5.32 Å². The van der Waals surface area contributed by atoms with Crippen LogP contribution < -0.4 is 10.6 Å². The van der Waals surface area contributed by atoms with Crippen molar-refractivity contribution >= 4 is 28.5 Å². The zero-order valence-corrected chi connectivity index (χ0v) is 12.3. The van der Waals surface area contributed by atoms with Crippen LogP contribution in [0.3, 0.4) is 0 Å². The Bertz CT molecular complexity index is 471. The highest BCUT2D eigenvalue weighted by atomic mass is 32.1. The van der Waals surface area contributed by atoms with Crippen LogP contribution in [0.1, 0.15) is 31.3 Å². The molecular weight excluding hydrogens is 266 g/mol. The van der Waals surface area contributed by atoms with E-state index in [1.165, 1.54) is 11.3 Å². The molecule has 1 heterocycles. The molecule has 7 heteroatoms.